The fourth-order valence-electron chi connectivity index (χ4n) is 2.87. The van der Waals surface area contributed by atoms with Gasteiger partial charge in [0.15, 0.2) is 0 Å². The zero-order valence-corrected chi connectivity index (χ0v) is 12.1. The van der Waals surface area contributed by atoms with Gasteiger partial charge in [0.2, 0.25) is 0 Å². The Kier molecular flexibility index (Phi) is 4.02. The molecule has 1 atom stereocenters. The first-order valence-corrected chi connectivity index (χ1v) is 7.10. The smallest absolute Gasteiger partial charge is 0.329 e. The summed E-state index contributed by atoms with van der Waals surface area (Å²) in [6.45, 7) is 4.37. The van der Waals surface area contributed by atoms with Gasteiger partial charge >= 0.3 is 5.97 Å². The van der Waals surface area contributed by atoms with E-state index in [9.17, 15) is 14.3 Å². The third-order valence-electron chi connectivity index (χ3n) is 4.32. The lowest BCUT2D eigenvalue weighted by Gasteiger charge is -2.31. The molecule has 1 aromatic rings. The molecule has 0 bridgehead atoms. The minimum atomic E-state index is -0.939. The highest BCUT2D eigenvalue weighted by Crippen LogP contribution is 2.39. The average Bonchev–Trinajstić information content (AvgIpc) is 2.52. The van der Waals surface area contributed by atoms with Crippen molar-refractivity contribution < 1.29 is 14.3 Å². The molecule has 0 amide bonds. The van der Waals surface area contributed by atoms with Gasteiger partial charge in [0.05, 0.1) is 0 Å². The highest BCUT2D eigenvalue weighted by atomic mass is 19.1. The molecule has 0 radical (unpaired) electrons. The van der Waals surface area contributed by atoms with Gasteiger partial charge in [-0.3, -0.25) is 0 Å². The lowest BCUT2D eigenvalue weighted by atomic mass is 9.83. The monoisotopic (exact) mass is 279 g/mol. The maximum Gasteiger partial charge on any atom is 0.329 e. The third kappa shape index (κ3) is 3.30. The van der Waals surface area contributed by atoms with E-state index >= 15 is 0 Å². The molecule has 0 aliphatic heterocycles. The topological polar surface area (TPSA) is 49.3 Å². The van der Waals surface area contributed by atoms with Gasteiger partial charge in [-0.25, -0.2) is 9.18 Å². The first-order chi connectivity index (χ1) is 9.33. The van der Waals surface area contributed by atoms with Crippen LogP contribution >= 0.6 is 0 Å². The molecular weight excluding hydrogens is 257 g/mol. The Labute approximate surface area is 119 Å². The van der Waals surface area contributed by atoms with Crippen LogP contribution < -0.4 is 5.32 Å². The number of hydrogen-bond donors (Lipinski definition) is 2. The SMILES string of the molecule is CC1(C)CCCC(Nc2ccc(F)cc2)(C(=O)O)CC1. The zero-order chi connectivity index (χ0) is 14.8. The van der Waals surface area contributed by atoms with Crippen molar-refractivity contribution in [1.82, 2.24) is 0 Å². The van der Waals surface area contributed by atoms with Crippen molar-refractivity contribution >= 4 is 11.7 Å². The number of halogens is 1. The van der Waals surface area contributed by atoms with E-state index < -0.39 is 11.5 Å². The molecule has 110 valence electrons. The zero-order valence-electron chi connectivity index (χ0n) is 12.1. The lowest BCUT2D eigenvalue weighted by Crippen LogP contribution is -2.46. The van der Waals surface area contributed by atoms with Crippen molar-refractivity contribution in [3.05, 3.63) is 30.1 Å². The van der Waals surface area contributed by atoms with Gasteiger partial charge in [0.25, 0.3) is 0 Å². The van der Waals surface area contributed by atoms with E-state index in [-0.39, 0.29) is 11.2 Å². The van der Waals surface area contributed by atoms with Crippen molar-refractivity contribution in [3.8, 4) is 0 Å². The van der Waals surface area contributed by atoms with Crippen LogP contribution in [0, 0.1) is 11.2 Å². The summed E-state index contributed by atoms with van der Waals surface area (Å²) in [6, 6.07) is 5.88. The summed E-state index contributed by atoms with van der Waals surface area (Å²) in [5, 5.41) is 12.8. The largest absolute Gasteiger partial charge is 0.480 e. The third-order valence-corrected chi connectivity index (χ3v) is 4.32. The number of aliphatic carboxylic acids is 1. The summed E-state index contributed by atoms with van der Waals surface area (Å²) in [7, 11) is 0. The van der Waals surface area contributed by atoms with Crippen LogP contribution in [0.15, 0.2) is 24.3 Å². The number of rotatable bonds is 3. The van der Waals surface area contributed by atoms with Gasteiger partial charge < -0.3 is 10.4 Å². The molecule has 1 aliphatic rings. The Morgan fingerprint density at radius 3 is 2.40 bits per heavy atom. The molecule has 0 aromatic heterocycles. The van der Waals surface area contributed by atoms with E-state index in [2.05, 4.69) is 19.2 Å². The first-order valence-electron chi connectivity index (χ1n) is 7.10. The minimum Gasteiger partial charge on any atom is -0.480 e. The van der Waals surface area contributed by atoms with E-state index in [1.165, 1.54) is 12.1 Å². The van der Waals surface area contributed by atoms with Crippen LogP contribution in [0.25, 0.3) is 0 Å². The minimum absolute atomic E-state index is 0.182. The molecule has 2 N–H and O–H groups in total. The van der Waals surface area contributed by atoms with Crippen molar-refractivity contribution in [2.75, 3.05) is 5.32 Å². The molecule has 2 rings (SSSR count). The van der Waals surface area contributed by atoms with E-state index in [0.29, 0.717) is 18.5 Å². The van der Waals surface area contributed by atoms with Gasteiger partial charge in [-0.15, -0.1) is 0 Å². The van der Waals surface area contributed by atoms with Gasteiger partial charge in [-0.1, -0.05) is 13.8 Å². The second-order valence-corrected chi connectivity index (χ2v) is 6.54. The molecule has 3 nitrogen and oxygen atoms in total. The van der Waals surface area contributed by atoms with Crippen LogP contribution in [-0.4, -0.2) is 16.6 Å². The normalized spacial score (nSPS) is 25.8. The number of carboxylic acids is 1. The fraction of sp³-hybridized carbons (Fsp3) is 0.562. The summed E-state index contributed by atoms with van der Waals surface area (Å²) in [5.74, 6) is -1.14. The number of hydrogen-bond acceptors (Lipinski definition) is 2. The number of carboxylic acid groups (broad SMARTS) is 1. The number of anilines is 1. The summed E-state index contributed by atoms with van der Waals surface area (Å²) >= 11 is 0. The summed E-state index contributed by atoms with van der Waals surface area (Å²) in [4.78, 5) is 11.8. The predicted octanol–water partition coefficient (Wildman–Crippen LogP) is 4.05. The summed E-state index contributed by atoms with van der Waals surface area (Å²) in [5.41, 5.74) is -0.0960. The van der Waals surface area contributed by atoms with Crippen LogP contribution in [0.1, 0.15) is 46.0 Å². The lowest BCUT2D eigenvalue weighted by molar-refractivity contribution is -0.142. The average molecular weight is 279 g/mol. The predicted molar refractivity (Wildman–Crippen MR) is 77.3 cm³/mol. The van der Waals surface area contributed by atoms with E-state index in [0.717, 1.165) is 19.3 Å². The standard InChI is InChI=1S/C16H22FNO2/c1-15(2)8-3-9-16(11-10-15,14(19)20)18-13-6-4-12(17)5-7-13/h4-7,18H,3,8-11H2,1-2H3,(H,19,20). The van der Waals surface area contributed by atoms with Crippen LogP contribution in [0.3, 0.4) is 0 Å². The number of benzene rings is 1. The molecule has 4 heteroatoms. The van der Waals surface area contributed by atoms with Crippen molar-refractivity contribution in [2.45, 2.75) is 51.5 Å². The maximum absolute atomic E-state index is 12.9. The van der Waals surface area contributed by atoms with Gasteiger partial charge in [0.1, 0.15) is 11.4 Å². The second kappa shape index (κ2) is 5.43. The highest BCUT2D eigenvalue weighted by molar-refractivity contribution is 5.82. The Bertz CT molecular complexity index is 484. The van der Waals surface area contributed by atoms with Crippen molar-refractivity contribution in [3.63, 3.8) is 0 Å². The van der Waals surface area contributed by atoms with E-state index in [1.54, 1.807) is 12.1 Å². The Morgan fingerprint density at radius 1 is 1.15 bits per heavy atom. The molecule has 1 saturated carbocycles. The molecule has 0 saturated heterocycles. The quantitative estimate of drug-likeness (QED) is 0.821. The van der Waals surface area contributed by atoms with Gasteiger partial charge in [-0.2, -0.15) is 0 Å². The second-order valence-electron chi connectivity index (χ2n) is 6.54. The van der Waals surface area contributed by atoms with Crippen LogP contribution in [0.4, 0.5) is 10.1 Å². The van der Waals surface area contributed by atoms with E-state index in [4.69, 9.17) is 0 Å². The first kappa shape index (κ1) is 14.8. The molecule has 1 fully saturated rings. The summed E-state index contributed by atoms with van der Waals surface area (Å²) < 4.78 is 12.9. The van der Waals surface area contributed by atoms with E-state index in [1.807, 2.05) is 0 Å². The molecule has 20 heavy (non-hydrogen) atoms. The Morgan fingerprint density at radius 2 is 1.80 bits per heavy atom. The molecule has 0 spiro atoms. The van der Waals surface area contributed by atoms with Crippen molar-refractivity contribution in [2.24, 2.45) is 5.41 Å². The Hall–Kier alpha value is -1.58. The number of carbonyl (C=O) groups is 1. The molecule has 1 aromatic carbocycles. The molecule has 0 heterocycles. The molecule has 1 unspecified atom stereocenters. The number of nitrogens with one attached hydrogen (secondary N) is 1. The fourth-order valence-corrected chi connectivity index (χ4v) is 2.87. The van der Waals surface area contributed by atoms with Gasteiger partial charge in [-0.05, 0) is 61.8 Å². The van der Waals surface area contributed by atoms with Gasteiger partial charge in [0, 0.05) is 5.69 Å². The molecular formula is C16H22FNO2. The van der Waals surface area contributed by atoms with Crippen LogP contribution in [0.2, 0.25) is 0 Å². The van der Waals surface area contributed by atoms with Crippen LogP contribution in [0.5, 0.6) is 0 Å². The van der Waals surface area contributed by atoms with Crippen LogP contribution in [-0.2, 0) is 4.79 Å². The highest BCUT2D eigenvalue weighted by Gasteiger charge is 2.41. The van der Waals surface area contributed by atoms with Crippen molar-refractivity contribution in [1.29, 1.82) is 0 Å². The molecule has 1 aliphatic carbocycles. The maximum atomic E-state index is 12.9. The Balaban J connectivity index is 2.21. The summed E-state index contributed by atoms with van der Waals surface area (Å²) in [6.07, 6.45) is 3.98.